The van der Waals surface area contributed by atoms with Crippen molar-refractivity contribution in [1.82, 2.24) is 4.90 Å². The molecule has 4 heteroatoms. The first-order chi connectivity index (χ1) is 9.60. The van der Waals surface area contributed by atoms with Crippen LogP contribution in [0.3, 0.4) is 0 Å². The summed E-state index contributed by atoms with van der Waals surface area (Å²) in [7, 11) is 1.36. The minimum atomic E-state index is -0.308. The van der Waals surface area contributed by atoms with Gasteiger partial charge < -0.3 is 4.74 Å². The first-order valence-electron chi connectivity index (χ1n) is 6.97. The third kappa shape index (κ3) is 3.67. The molecule has 4 nitrogen and oxygen atoms in total. The number of methoxy groups -OCH3 is 1. The maximum absolute atomic E-state index is 12.1. The van der Waals surface area contributed by atoms with Gasteiger partial charge in [0.15, 0.2) is 0 Å². The van der Waals surface area contributed by atoms with Gasteiger partial charge in [-0.15, -0.1) is 0 Å². The topological polar surface area (TPSA) is 46.6 Å². The second kappa shape index (κ2) is 6.66. The van der Waals surface area contributed by atoms with Crippen molar-refractivity contribution in [3.05, 3.63) is 35.9 Å². The van der Waals surface area contributed by atoms with E-state index in [1.54, 1.807) is 0 Å². The Labute approximate surface area is 119 Å². The molecule has 0 bridgehead atoms. The van der Waals surface area contributed by atoms with Crippen LogP contribution >= 0.6 is 0 Å². The van der Waals surface area contributed by atoms with Crippen LogP contribution in [0.15, 0.2) is 30.3 Å². The molecule has 2 rings (SSSR count). The smallest absolute Gasteiger partial charge is 0.306 e. The lowest BCUT2D eigenvalue weighted by Gasteiger charge is -2.35. The molecule has 2 unspecified atom stereocenters. The molecule has 0 aliphatic carbocycles. The van der Waals surface area contributed by atoms with E-state index in [1.807, 2.05) is 25.1 Å². The van der Waals surface area contributed by atoms with Crippen molar-refractivity contribution < 1.29 is 14.3 Å². The highest BCUT2D eigenvalue weighted by Crippen LogP contribution is 2.22. The number of hydrogen-bond acceptors (Lipinski definition) is 4. The molecule has 1 saturated heterocycles. The average Bonchev–Trinajstić information content (AvgIpc) is 2.45. The minimum Gasteiger partial charge on any atom is -0.469 e. The first kappa shape index (κ1) is 14.7. The summed E-state index contributed by atoms with van der Waals surface area (Å²) < 4.78 is 4.68. The summed E-state index contributed by atoms with van der Waals surface area (Å²) in [5.41, 5.74) is 1.23. The Morgan fingerprint density at radius 3 is 2.65 bits per heavy atom. The van der Waals surface area contributed by atoms with Crippen LogP contribution in [0.4, 0.5) is 0 Å². The van der Waals surface area contributed by atoms with Crippen molar-refractivity contribution in [1.29, 1.82) is 0 Å². The summed E-state index contributed by atoms with van der Waals surface area (Å²) in [6.45, 7) is 4.14. The van der Waals surface area contributed by atoms with Crippen molar-refractivity contribution >= 4 is 11.8 Å². The third-order valence-corrected chi connectivity index (χ3v) is 3.79. The molecule has 0 radical (unpaired) electrons. The molecule has 1 heterocycles. The monoisotopic (exact) mass is 275 g/mol. The number of nitrogens with zero attached hydrogens (tertiary/aromatic N) is 1. The van der Waals surface area contributed by atoms with Gasteiger partial charge in [0.1, 0.15) is 5.78 Å². The van der Waals surface area contributed by atoms with Gasteiger partial charge in [-0.25, -0.2) is 0 Å². The lowest BCUT2D eigenvalue weighted by atomic mass is 9.86. The summed E-state index contributed by atoms with van der Waals surface area (Å²) >= 11 is 0. The van der Waals surface area contributed by atoms with E-state index >= 15 is 0 Å². The van der Waals surface area contributed by atoms with Gasteiger partial charge >= 0.3 is 5.97 Å². The van der Waals surface area contributed by atoms with Gasteiger partial charge in [0.2, 0.25) is 0 Å². The lowest BCUT2D eigenvalue weighted by Crippen LogP contribution is -2.46. The number of carbonyl (C=O) groups is 2. The number of piperidine rings is 1. The maximum Gasteiger partial charge on any atom is 0.306 e. The second-order valence-electron chi connectivity index (χ2n) is 5.46. The number of likely N-dealkylation sites (tertiary alicyclic amines) is 1. The zero-order valence-corrected chi connectivity index (χ0v) is 12.0. The molecule has 1 fully saturated rings. The number of esters is 1. The van der Waals surface area contributed by atoms with E-state index in [4.69, 9.17) is 0 Å². The van der Waals surface area contributed by atoms with Crippen LogP contribution in [-0.2, 0) is 20.9 Å². The molecule has 0 spiro atoms. The first-order valence-corrected chi connectivity index (χ1v) is 6.97. The zero-order valence-electron chi connectivity index (χ0n) is 12.0. The van der Waals surface area contributed by atoms with Crippen molar-refractivity contribution in [2.75, 3.05) is 20.2 Å². The van der Waals surface area contributed by atoms with Crippen LogP contribution in [0.1, 0.15) is 18.9 Å². The van der Waals surface area contributed by atoms with E-state index in [1.165, 1.54) is 12.7 Å². The van der Waals surface area contributed by atoms with Crippen molar-refractivity contribution in [2.45, 2.75) is 19.9 Å². The van der Waals surface area contributed by atoms with Gasteiger partial charge in [-0.1, -0.05) is 37.3 Å². The molecule has 1 aromatic carbocycles. The molecule has 1 aliphatic heterocycles. The number of ketones is 1. The van der Waals surface area contributed by atoms with Crippen LogP contribution in [0.5, 0.6) is 0 Å². The van der Waals surface area contributed by atoms with Gasteiger partial charge in [0.25, 0.3) is 0 Å². The molecule has 0 aromatic heterocycles. The minimum absolute atomic E-state index is 0.0258. The fourth-order valence-electron chi connectivity index (χ4n) is 2.78. The van der Waals surface area contributed by atoms with Crippen LogP contribution in [-0.4, -0.2) is 36.9 Å². The molecular weight excluding hydrogens is 254 g/mol. The SMILES string of the molecule is COC(=O)CC1CN(Cc2ccccc2)CC(C)C1=O. The van der Waals surface area contributed by atoms with E-state index in [9.17, 15) is 9.59 Å². The Morgan fingerprint density at radius 1 is 1.30 bits per heavy atom. The molecule has 1 aliphatic rings. The van der Waals surface area contributed by atoms with Crippen molar-refractivity contribution in [3.63, 3.8) is 0 Å². The highest BCUT2D eigenvalue weighted by molar-refractivity contribution is 5.87. The fourth-order valence-corrected chi connectivity index (χ4v) is 2.78. The molecule has 20 heavy (non-hydrogen) atoms. The number of rotatable bonds is 4. The molecular formula is C16H21NO3. The largest absolute Gasteiger partial charge is 0.469 e. The Balaban J connectivity index is 2.01. The van der Waals surface area contributed by atoms with Gasteiger partial charge in [0, 0.05) is 31.5 Å². The van der Waals surface area contributed by atoms with E-state index in [2.05, 4.69) is 21.8 Å². The summed E-state index contributed by atoms with van der Waals surface area (Å²) in [6.07, 6.45) is 0.185. The molecule has 108 valence electrons. The fraction of sp³-hybridized carbons (Fsp3) is 0.500. The van der Waals surface area contributed by atoms with Crippen LogP contribution in [0.2, 0.25) is 0 Å². The third-order valence-electron chi connectivity index (χ3n) is 3.79. The number of ether oxygens (including phenoxy) is 1. The Kier molecular flexibility index (Phi) is 4.90. The van der Waals surface area contributed by atoms with Gasteiger partial charge in [-0.2, -0.15) is 0 Å². The Hall–Kier alpha value is -1.68. The maximum atomic E-state index is 12.1. The predicted octanol–water partition coefficient (Wildman–Crippen LogP) is 1.89. The van der Waals surface area contributed by atoms with E-state index in [-0.39, 0.29) is 30.0 Å². The Morgan fingerprint density at radius 2 is 2.00 bits per heavy atom. The van der Waals surface area contributed by atoms with Crippen LogP contribution in [0, 0.1) is 11.8 Å². The summed E-state index contributed by atoms with van der Waals surface area (Å²) in [6, 6.07) is 10.2. The Bertz CT molecular complexity index is 472. The highest BCUT2D eigenvalue weighted by Gasteiger charge is 2.34. The van der Waals surface area contributed by atoms with Gasteiger partial charge in [-0.05, 0) is 5.56 Å². The van der Waals surface area contributed by atoms with Crippen molar-refractivity contribution in [2.24, 2.45) is 11.8 Å². The second-order valence-corrected chi connectivity index (χ2v) is 5.46. The summed E-state index contributed by atoms with van der Waals surface area (Å²) in [5.74, 6) is -0.395. The molecule has 2 atom stereocenters. The van der Waals surface area contributed by atoms with Crippen LogP contribution in [0.25, 0.3) is 0 Å². The quantitative estimate of drug-likeness (QED) is 0.787. The van der Waals surface area contributed by atoms with E-state index in [0.29, 0.717) is 6.54 Å². The average molecular weight is 275 g/mol. The van der Waals surface area contributed by atoms with Gasteiger partial charge in [-0.3, -0.25) is 14.5 Å². The number of benzene rings is 1. The zero-order chi connectivity index (χ0) is 14.5. The highest BCUT2D eigenvalue weighted by atomic mass is 16.5. The number of Topliss-reactive ketones (excluding diaryl/α,β-unsaturated/α-hetero) is 1. The number of carbonyl (C=O) groups excluding carboxylic acids is 2. The molecule has 0 amide bonds. The predicted molar refractivity (Wildman–Crippen MR) is 76.0 cm³/mol. The molecule has 0 saturated carbocycles. The van der Waals surface area contributed by atoms with E-state index < -0.39 is 0 Å². The standard InChI is InChI=1S/C16H21NO3/c1-12-9-17(10-13-6-4-3-5-7-13)11-14(16(12)19)8-15(18)20-2/h3-7,12,14H,8-11H2,1-2H3. The lowest BCUT2D eigenvalue weighted by molar-refractivity contribution is -0.146. The normalized spacial score (nSPS) is 23.6. The molecule has 0 N–H and O–H groups in total. The van der Waals surface area contributed by atoms with Crippen LogP contribution < -0.4 is 0 Å². The molecule has 1 aromatic rings. The summed E-state index contributed by atoms with van der Waals surface area (Å²) in [5, 5.41) is 0. The number of hydrogen-bond donors (Lipinski definition) is 0. The van der Waals surface area contributed by atoms with Crippen molar-refractivity contribution in [3.8, 4) is 0 Å². The van der Waals surface area contributed by atoms with E-state index in [0.717, 1.165) is 13.1 Å². The van der Waals surface area contributed by atoms with Gasteiger partial charge in [0.05, 0.1) is 13.5 Å². The summed E-state index contributed by atoms with van der Waals surface area (Å²) in [4.78, 5) is 25.8.